The molecule has 3 aromatic rings. The fourth-order valence-electron chi connectivity index (χ4n) is 3.58. The predicted octanol–water partition coefficient (Wildman–Crippen LogP) is 3.56. The van der Waals surface area contributed by atoms with Crippen molar-refractivity contribution in [1.82, 2.24) is 4.98 Å². The van der Waals surface area contributed by atoms with E-state index in [9.17, 15) is 9.59 Å². The maximum Gasteiger partial charge on any atom is 0.339 e. The van der Waals surface area contributed by atoms with Crippen LogP contribution in [0.1, 0.15) is 23.0 Å². The number of hydrogen-bond donors (Lipinski definition) is 1. The summed E-state index contributed by atoms with van der Waals surface area (Å²) in [6.45, 7) is 6.51. The number of aromatic nitrogens is 1. The molecule has 1 N–H and O–H groups in total. The third kappa shape index (κ3) is 4.83. The summed E-state index contributed by atoms with van der Waals surface area (Å²) < 4.78 is 10.8. The highest BCUT2D eigenvalue weighted by Crippen LogP contribution is 2.21. The number of pyridine rings is 1. The number of morpholine rings is 1. The SMILES string of the molecule is Cc1cc(C(=O)O[C@@H](C)C(=O)Nc2ccc(N3CCOCC3)cc2)c2ccccc2n1. The molecule has 7 nitrogen and oxygen atoms in total. The second-order valence-corrected chi connectivity index (χ2v) is 7.51. The Balaban J connectivity index is 1.40. The van der Waals surface area contributed by atoms with E-state index in [1.807, 2.05) is 55.5 Å². The minimum Gasteiger partial charge on any atom is -0.449 e. The lowest BCUT2D eigenvalue weighted by molar-refractivity contribution is -0.123. The molecule has 0 bridgehead atoms. The molecule has 0 aliphatic carbocycles. The van der Waals surface area contributed by atoms with Crippen molar-refractivity contribution in [2.24, 2.45) is 0 Å². The van der Waals surface area contributed by atoms with E-state index in [0.717, 1.165) is 18.8 Å². The molecule has 160 valence electrons. The topological polar surface area (TPSA) is 80.8 Å². The Morgan fingerprint density at radius 3 is 2.55 bits per heavy atom. The number of amides is 1. The van der Waals surface area contributed by atoms with E-state index in [2.05, 4.69) is 15.2 Å². The third-order valence-corrected chi connectivity index (χ3v) is 5.23. The first-order valence-corrected chi connectivity index (χ1v) is 10.3. The van der Waals surface area contributed by atoms with Gasteiger partial charge in [0.2, 0.25) is 0 Å². The van der Waals surface area contributed by atoms with E-state index in [-0.39, 0.29) is 5.91 Å². The van der Waals surface area contributed by atoms with Crippen LogP contribution in [0.4, 0.5) is 11.4 Å². The largest absolute Gasteiger partial charge is 0.449 e. The van der Waals surface area contributed by atoms with Crippen molar-refractivity contribution >= 4 is 34.2 Å². The number of ether oxygens (including phenoxy) is 2. The number of nitrogens with one attached hydrogen (secondary N) is 1. The Bertz CT molecular complexity index is 1090. The number of fused-ring (bicyclic) bond motifs is 1. The molecule has 7 heteroatoms. The van der Waals surface area contributed by atoms with Gasteiger partial charge < -0.3 is 19.7 Å². The fourth-order valence-corrected chi connectivity index (χ4v) is 3.58. The van der Waals surface area contributed by atoms with E-state index in [1.54, 1.807) is 13.0 Å². The Labute approximate surface area is 181 Å². The normalized spacial score (nSPS) is 14.8. The van der Waals surface area contributed by atoms with Crippen LogP contribution in [0.2, 0.25) is 0 Å². The van der Waals surface area contributed by atoms with Crippen molar-refractivity contribution in [2.75, 3.05) is 36.5 Å². The minimum atomic E-state index is -0.946. The maximum absolute atomic E-state index is 12.8. The lowest BCUT2D eigenvalue weighted by Gasteiger charge is -2.28. The van der Waals surface area contributed by atoms with Crippen molar-refractivity contribution < 1.29 is 19.1 Å². The smallest absolute Gasteiger partial charge is 0.339 e. The van der Waals surface area contributed by atoms with Crippen molar-refractivity contribution in [1.29, 1.82) is 0 Å². The van der Waals surface area contributed by atoms with Crippen LogP contribution in [0.3, 0.4) is 0 Å². The predicted molar refractivity (Wildman–Crippen MR) is 119 cm³/mol. The molecule has 4 rings (SSSR count). The Kier molecular flexibility index (Phi) is 6.13. The second kappa shape index (κ2) is 9.14. The van der Waals surface area contributed by atoms with Gasteiger partial charge in [-0.2, -0.15) is 0 Å². The van der Waals surface area contributed by atoms with Gasteiger partial charge in [-0.15, -0.1) is 0 Å². The molecule has 1 amide bonds. The molecule has 0 saturated carbocycles. The highest BCUT2D eigenvalue weighted by Gasteiger charge is 2.21. The maximum atomic E-state index is 12.8. The van der Waals surface area contributed by atoms with Crippen molar-refractivity contribution in [3.05, 3.63) is 65.9 Å². The van der Waals surface area contributed by atoms with Crippen LogP contribution in [-0.4, -0.2) is 49.3 Å². The van der Waals surface area contributed by atoms with E-state index >= 15 is 0 Å². The van der Waals surface area contributed by atoms with Gasteiger partial charge in [0.25, 0.3) is 5.91 Å². The lowest BCUT2D eigenvalue weighted by atomic mass is 10.1. The summed E-state index contributed by atoms with van der Waals surface area (Å²) in [5.74, 6) is -0.936. The average molecular weight is 419 g/mol. The molecule has 1 aromatic heterocycles. The first-order chi connectivity index (χ1) is 15.0. The quantitative estimate of drug-likeness (QED) is 0.637. The first kappa shape index (κ1) is 20.8. The molecule has 2 aromatic carbocycles. The Morgan fingerprint density at radius 2 is 1.81 bits per heavy atom. The monoisotopic (exact) mass is 419 g/mol. The van der Waals surface area contributed by atoms with Gasteiger partial charge in [-0.05, 0) is 50.2 Å². The number of carbonyl (C=O) groups is 2. The lowest BCUT2D eigenvalue weighted by Crippen LogP contribution is -2.36. The van der Waals surface area contributed by atoms with Crippen LogP contribution in [0.25, 0.3) is 10.9 Å². The molecular weight excluding hydrogens is 394 g/mol. The minimum absolute atomic E-state index is 0.387. The van der Waals surface area contributed by atoms with Crippen LogP contribution >= 0.6 is 0 Å². The van der Waals surface area contributed by atoms with Crippen molar-refractivity contribution in [2.45, 2.75) is 20.0 Å². The summed E-state index contributed by atoms with van der Waals surface area (Å²) >= 11 is 0. The van der Waals surface area contributed by atoms with Gasteiger partial charge in [0.1, 0.15) is 0 Å². The first-order valence-electron chi connectivity index (χ1n) is 10.3. The summed E-state index contributed by atoms with van der Waals surface area (Å²) in [5, 5.41) is 3.50. The fraction of sp³-hybridized carbons (Fsp3) is 0.292. The van der Waals surface area contributed by atoms with Crippen LogP contribution in [0, 0.1) is 6.92 Å². The standard InChI is InChI=1S/C24H25N3O4/c1-16-15-21(20-5-3-4-6-22(20)25-16)24(29)31-17(2)23(28)26-18-7-9-19(10-8-18)27-11-13-30-14-12-27/h3-10,15,17H,11-14H2,1-2H3,(H,26,28)/t17-/m0/s1. The molecule has 0 radical (unpaired) electrons. The van der Waals surface area contributed by atoms with E-state index < -0.39 is 12.1 Å². The zero-order valence-electron chi connectivity index (χ0n) is 17.6. The number of hydrogen-bond acceptors (Lipinski definition) is 6. The van der Waals surface area contributed by atoms with Crippen molar-refractivity contribution in [3.63, 3.8) is 0 Å². The summed E-state index contributed by atoms with van der Waals surface area (Å²) in [4.78, 5) is 32.0. The molecule has 1 fully saturated rings. The summed E-state index contributed by atoms with van der Waals surface area (Å²) in [7, 11) is 0. The third-order valence-electron chi connectivity index (χ3n) is 5.23. The number of aryl methyl sites for hydroxylation is 1. The van der Waals surface area contributed by atoms with Gasteiger partial charge in [-0.25, -0.2) is 4.79 Å². The van der Waals surface area contributed by atoms with Crippen LogP contribution in [-0.2, 0) is 14.3 Å². The molecule has 2 heterocycles. The number of nitrogens with zero attached hydrogens (tertiary/aromatic N) is 2. The van der Waals surface area contributed by atoms with E-state index in [0.29, 0.717) is 41.1 Å². The number of benzene rings is 2. The van der Waals surface area contributed by atoms with Crippen LogP contribution < -0.4 is 10.2 Å². The van der Waals surface area contributed by atoms with Gasteiger partial charge in [0.15, 0.2) is 6.10 Å². The number of para-hydroxylation sites is 1. The average Bonchev–Trinajstić information content (AvgIpc) is 2.79. The zero-order valence-corrected chi connectivity index (χ0v) is 17.6. The second-order valence-electron chi connectivity index (χ2n) is 7.51. The molecule has 0 spiro atoms. The number of rotatable bonds is 5. The van der Waals surface area contributed by atoms with E-state index in [1.165, 1.54) is 0 Å². The number of carbonyl (C=O) groups excluding carboxylic acids is 2. The number of anilines is 2. The van der Waals surface area contributed by atoms with Gasteiger partial charge in [0.05, 0.1) is 24.3 Å². The van der Waals surface area contributed by atoms with E-state index in [4.69, 9.17) is 9.47 Å². The molecule has 0 unspecified atom stereocenters. The van der Waals surface area contributed by atoms with Gasteiger partial charge in [-0.3, -0.25) is 9.78 Å². The molecule has 1 saturated heterocycles. The van der Waals surface area contributed by atoms with Crippen molar-refractivity contribution in [3.8, 4) is 0 Å². The van der Waals surface area contributed by atoms with Crippen LogP contribution in [0.5, 0.6) is 0 Å². The Morgan fingerprint density at radius 1 is 1.10 bits per heavy atom. The molecule has 1 aliphatic heterocycles. The summed E-state index contributed by atoms with van der Waals surface area (Å²) in [6, 6.07) is 16.7. The highest BCUT2D eigenvalue weighted by atomic mass is 16.5. The number of esters is 1. The Hall–Kier alpha value is -3.45. The molecular formula is C24H25N3O4. The molecule has 31 heavy (non-hydrogen) atoms. The van der Waals surface area contributed by atoms with Gasteiger partial charge in [0, 0.05) is 35.5 Å². The zero-order chi connectivity index (χ0) is 21.8. The summed E-state index contributed by atoms with van der Waals surface area (Å²) in [5.41, 5.74) is 3.56. The molecule has 1 aliphatic rings. The van der Waals surface area contributed by atoms with Crippen LogP contribution in [0.15, 0.2) is 54.6 Å². The summed E-state index contributed by atoms with van der Waals surface area (Å²) in [6.07, 6.45) is -0.946. The molecule has 1 atom stereocenters. The van der Waals surface area contributed by atoms with Gasteiger partial charge in [-0.1, -0.05) is 18.2 Å². The highest BCUT2D eigenvalue weighted by molar-refractivity contribution is 6.05. The van der Waals surface area contributed by atoms with Gasteiger partial charge >= 0.3 is 5.97 Å².